The summed E-state index contributed by atoms with van der Waals surface area (Å²) in [6.07, 6.45) is -0.929. The summed E-state index contributed by atoms with van der Waals surface area (Å²) in [6, 6.07) is 13.3. The van der Waals surface area contributed by atoms with E-state index in [1.165, 1.54) is 23.0 Å². The minimum Gasteiger partial charge on any atom is -0.382 e. The third-order valence-electron chi connectivity index (χ3n) is 7.41. The summed E-state index contributed by atoms with van der Waals surface area (Å²) in [5.74, 6) is 5.95. The highest BCUT2D eigenvalue weighted by Gasteiger charge is 2.30. The quantitative estimate of drug-likeness (QED) is 0.292. The van der Waals surface area contributed by atoms with Crippen LogP contribution in [0.4, 0.5) is 24.5 Å². The van der Waals surface area contributed by atoms with E-state index in [4.69, 9.17) is 0 Å². The van der Waals surface area contributed by atoms with Crippen molar-refractivity contribution in [3.05, 3.63) is 54.2 Å². The number of hydrogen-bond acceptors (Lipinski definition) is 7. The summed E-state index contributed by atoms with van der Waals surface area (Å²) < 4.78 is 88.7. The highest BCUT2D eigenvalue weighted by molar-refractivity contribution is 7.91. The molecule has 2 N–H and O–H groups in total. The monoisotopic (exact) mass is 638 g/mol. The van der Waals surface area contributed by atoms with Gasteiger partial charge in [-0.3, -0.25) is 0 Å². The molecule has 43 heavy (non-hydrogen) atoms. The second-order valence-corrected chi connectivity index (χ2v) is 15.3. The smallest absolute Gasteiger partial charge is 0.382 e. The van der Waals surface area contributed by atoms with Crippen LogP contribution in [0.5, 0.6) is 0 Å². The molecule has 0 unspecified atom stereocenters. The highest BCUT2D eigenvalue weighted by Crippen LogP contribution is 2.31. The van der Waals surface area contributed by atoms with E-state index in [0.717, 1.165) is 38.2 Å². The Kier molecular flexibility index (Phi) is 10.4. The predicted molar refractivity (Wildman–Crippen MR) is 165 cm³/mol. The Balaban J connectivity index is 1.46. The first-order valence-corrected chi connectivity index (χ1v) is 17.9. The van der Waals surface area contributed by atoms with Gasteiger partial charge >= 0.3 is 6.18 Å². The molecular weight excluding hydrogens is 601 g/mol. The average Bonchev–Trinajstić information content (AvgIpc) is 3.28. The Morgan fingerprint density at radius 3 is 2.35 bits per heavy atom. The number of sulfone groups is 2. The molecule has 4 rings (SSSR count). The van der Waals surface area contributed by atoms with Gasteiger partial charge in [0.2, 0.25) is 0 Å². The third kappa shape index (κ3) is 9.39. The number of alkyl halides is 3. The van der Waals surface area contributed by atoms with Gasteiger partial charge in [0.05, 0.1) is 34.2 Å². The highest BCUT2D eigenvalue weighted by atomic mass is 32.2. The second-order valence-electron chi connectivity index (χ2n) is 10.8. The molecule has 0 saturated carbocycles. The summed E-state index contributed by atoms with van der Waals surface area (Å²) in [5, 5.41) is 7.23. The molecule has 1 fully saturated rings. The molecule has 1 aliphatic rings. The van der Waals surface area contributed by atoms with E-state index in [0.29, 0.717) is 23.0 Å². The Morgan fingerprint density at radius 1 is 1.02 bits per heavy atom. The number of fused-ring (bicyclic) bond motifs is 1. The number of anilines is 2. The van der Waals surface area contributed by atoms with Crippen molar-refractivity contribution in [2.24, 2.45) is 0 Å². The van der Waals surface area contributed by atoms with Crippen molar-refractivity contribution in [3.63, 3.8) is 0 Å². The topological polar surface area (TPSA) is 101 Å². The second kappa shape index (κ2) is 13.6. The van der Waals surface area contributed by atoms with Gasteiger partial charge in [-0.15, -0.1) is 0 Å². The lowest BCUT2D eigenvalue weighted by atomic mass is 10.0. The van der Waals surface area contributed by atoms with Crippen LogP contribution in [0, 0.1) is 11.8 Å². The van der Waals surface area contributed by atoms with E-state index in [-0.39, 0.29) is 34.7 Å². The summed E-state index contributed by atoms with van der Waals surface area (Å²) >= 11 is 0. The molecule has 0 spiro atoms. The van der Waals surface area contributed by atoms with Crippen molar-refractivity contribution in [1.82, 2.24) is 9.47 Å². The van der Waals surface area contributed by atoms with Gasteiger partial charge < -0.3 is 20.1 Å². The van der Waals surface area contributed by atoms with E-state index in [2.05, 4.69) is 27.4 Å². The van der Waals surface area contributed by atoms with Crippen LogP contribution in [-0.2, 0) is 26.2 Å². The van der Waals surface area contributed by atoms with Gasteiger partial charge in [-0.2, -0.15) is 13.2 Å². The van der Waals surface area contributed by atoms with Crippen LogP contribution in [-0.4, -0.2) is 82.5 Å². The number of nitrogens with one attached hydrogen (secondary N) is 2. The molecule has 234 valence electrons. The van der Waals surface area contributed by atoms with Gasteiger partial charge in [0.1, 0.15) is 16.4 Å². The number of aromatic nitrogens is 1. The summed E-state index contributed by atoms with van der Waals surface area (Å²) in [6.45, 7) is 2.91. The molecule has 2 aromatic carbocycles. The minimum absolute atomic E-state index is 0.00264. The van der Waals surface area contributed by atoms with E-state index in [1.54, 1.807) is 37.3 Å². The van der Waals surface area contributed by atoms with Gasteiger partial charge in [0, 0.05) is 42.1 Å². The fraction of sp³-hybridized carbons (Fsp3) is 0.467. The van der Waals surface area contributed by atoms with Crippen molar-refractivity contribution in [3.8, 4) is 11.8 Å². The molecule has 0 amide bonds. The molecule has 0 atom stereocenters. The number of benzene rings is 2. The molecular formula is C30H37F3N4O4S2. The number of likely N-dealkylation sites (tertiary alicyclic amines) is 1. The zero-order chi connectivity index (χ0) is 31.3. The molecule has 0 bridgehead atoms. The lowest BCUT2D eigenvalue weighted by molar-refractivity contribution is -0.140. The van der Waals surface area contributed by atoms with Crippen LogP contribution in [0.1, 0.15) is 31.9 Å². The maximum absolute atomic E-state index is 13.6. The van der Waals surface area contributed by atoms with E-state index in [1.807, 2.05) is 6.07 Å². The van der Waals surface area contributed by atoms with Gasteiger partial charge in [-0.05, 0) is 74.2 Å². The Bertz CT molecular complexity index is 1680. The maximum atomic E-state index is 13.6. The Hall–Kier alpha value is -3.21. The lowest BCUT2D eigenvalue weighted by Gasteiger charge is -2.33. The lowest BCUT2D eigenvalue weighted by Crippen LogP contribution is -2.39. The molecule has 1 saturated heterocycles. The van der Waals surface area contributed by atoms with Crippen LogP contribution in [0.15, 0.2) is 53.4 Å². The Morgan fingerprint density at radius 2 is 1.72 bits per heavy atom. The molecule has 0 radical (unpaired) electrons. The fourth-order valence-electron chi connectivity index (χ4n) is 5.16. The van der Waals surface area contributed by atoms with Gasteiger partial charge in [0.25, 0.3) is 0 Å². The fourth-order valence-corrected chi connectivity index (χ4v) is 6.70. The zero-order valence-corrected chi connectivity index (χ0v) is 25.9. The maximum Gasteiger partial charge on any atom is 0.406 e. The van der Waals surface area contributed by atoms with Crippen molar-refractivity contribution in [2.75, 3.05) is 54.6 Å². The SMILES string of the molecule is CCS(=O)(=O)c1ccc(NCC#Cc2cc3c(NC4CCN(CCCS(C)(=O)=O)CC4)cccc3n2CC(F)(F)F)cc1. The number of hydrogen-bond donors (Lipinski definition) is 2. The number of halogens is 3. The summed E-state index contributed by atoms with van der Waals surface area (Å²) in [7, 11) is -6.29. The molecule has 1 aliphatic heterocycles. The van der Waals surface area contributed by atoms with Crippen molar-refractivity contribution >= 4 is 42.0 Å². The molecule has 8 nitrogen and oxygen atoms in total. The van der Waals surface area contributed by atoms with E-state index < -0.39 is 32.4 Å². The van der Waals surface area contributed by atoms with Crippen molar-refractivity contribution in [2.45, 2.75) is 49.8 Å². The number of piperidine rings is 1. The normalized spacial score (nSPS) is 15.3. The van der Waals surface area contributed by atoms with Crippen molar-refractivity contribution in [1.29, 1.82) is 0 Å². The van der Waals surface area contributed by atoms with Crippen LogP contribution >= 0.6 is 0 Å². The largest absolute Gasteiger partial charge is 0.406 e. The molecule has 1 aromatic heterocycles. The number of nitrogens with zero attached hydrogens (tertiary/aromatic N) is 2. The average molecular weight is 639 g/mol. The predicted octanol–water partition coefficient (Wildman–Crippen LogP) is 4.77. The van der Waals surface area contributed by atoms with Crippen LogP contribution in [0.25, 0.3) is 10.9 Å². The van der Waals surface area contributed by atoms with E-state index in [9.17, 15) is 30.0 Å². The summed E-state index contributed by atoms with van der Waals surface area (Å²) in [4.78, 5) is 2.47. The first kappa shape index (κ1) is 32.7. The first-order valence-electron chi connectivity index (χ1n) is 14.2. The molecule has 2 heterocycles. The van der Waals surface area contributed by atoms with E-state index >= 15 is 0 Å². The van der Waals surface area contributed by atoms with Crippen LogP contribution in [0.3, 0.4) is 0 Å². The number of rotatable bonds is 11. The summed E-state index contributed by atoms with van der Waals surface area (Å²) in [5.41, 5.74) is 2.07. The molecule has 13 heteroatoms. The first-order chi connectivity index (χ1) is 20.2. The zero-order valence-electron chi connectivity index (χ0n) is 24.2. The molecule has 0 aliphatic carbocycles. The molecule has 3 aromatic rings. The van der Waals surface area contributed by atoms with Crippen LogP contribution < -0.4 is 10.6 Å². The van der Waals surface area contributed by atoms with Gasteiger partial charge in [-0.1, -0.05) is 18.9 Å². The van der Waals surface area contributed by atoms with Crippen molar-refractivity contribution < 1.29 is 30.0 Å². The third-order valence-corrected chi connectivity index (χ3v) is 10.2. The minimum atomic E-state index is -4.44. The Labute approximate surface area is 251 Å². The standard InChI is InChI=1S/C30H37F3N4O4S2/c1-3-43(40,41)26-12-10-23(11-13-26)34-16-5-7-25-21-27-28(8-4-9-29(27)37(25)22-30(31,32)33)35-24-14-18-36(19-15-24)17-6-20-42(2,38)39/h4,8-13,21,24,34-35H,3,6,14-20,22H2,1-2H3. The van der Waals surface area contributed by atoms with Crippen LogP contribution in [0.2, 0.25) is 0 Å². The van der Waals surface area contributed by atoms with Gasteiger partial charge in [0.15, 0.2) is 9.84 Å². The van der Waals surface area contributed by atoms with Gasteiger partial charge in [-0.25, -0.2) is 16.8 Å².